The van der Waals surface area contributed by atoms with E-state index in [0.29, 0.717) is 0 Å². The van der Waals surface area contributed by atoms with E-state index in [2.05, 4.69) is 39.5 Å². The third-order valence-electron chi connectivity index (χ3n) is 2.39. The van der Waals surface area contributed by atoms with Crippen LogP contribution in [0.2, 0.25) is 0 Å². The van der Waals surface area contributed by atoms with Gasteiger partial charge in [0.05, 0.1) is 23.8 Å². The van der Waals surface area contributed by atoms with Crippen LogP contribution in [-0.2, 0) is 13.0 Å². The molecule has 0 amide bonds. The Morgan fingerprint density at radius 2 is 2.47 bits per heavy atom. The molecular formula is C10H16N4S. The molecule has 0 aromatic carbocycles. The maximum Gasteiger partial charge on any atom is 0.194 e. The topological polar surface area (TPSA) is 40.5 Å². The predicted molar refractivity (Wildman–Crippen MR) is 63.3 cm³/mol. The number of thiazole rings is 1. The molecule has 1 aromatic rings. The second kappa shape index (κ2) is 4.61. The van der Waals surface area contributed by atoms with Crippen LogP contribution in [-0.4, -0.2) is 36.0 Å². The molecule has 1 aliphatic rings. The zero-order chi connectivity index (χ0) is 10.7. The Morgan fingerprint density at radius 1 is 1.60 bits per heavy atom. The van der Waals surface area contributed by atoms with E-state index < -0.39 is 0 Å². The third-order valence-corrected chi connectivity index (χ3v) is 3.43. The molecule has 0 saturated heterocycles. The Balaban J connectivity index is 1.87. The van der Waals surface area contributed by atoms with Gasteiger partial charge in [-0.25, -0.2) is 4.98 Å². The van der Waals surface area contributed by atoms with Crippen molar-refractivity contribution in [2.24, 2.45) is 4.99 Å². The number of nitrogens with zero attached hydrogens (tertiary/aromatic N) is 3. The molecule has 0 saturated carbocycles. The van der Waals surface area contributed by atoms with Crippen molar-refractivity contribution in [1.29, 1.82) is 0 Å². The fraction of sp³-hybridized carbons (Fsp3) is 0.600. The Bertz CT molecular complexity index is 358. The van der Waals surface area contributed by atoms with Gasteiger partial charge in [-0.1, -0.05) is 6.92 Å². The second-order valence-corrected chi connectivity index (χ2v) is 4.51. The highest BCUT2D eigenvalue weighted by molar-refractivity contribution is 7.09. The van der Waals surface area contributed by atoms with Gasteiger partial charge in [0.1, 0.15) is 0 Å². The third kappa shape index (κ3) is 2.47. The number of aliphatic imine (C=N–C) groups is 1. The Labute approximate surface area is 94.0 Å². The number of aryl methyl sites for hydroxylation is 1. The minimum atomic E-state index is 0.777. The van der Waals surface area contributed by atoms with Crippen molar-refractivity contribution in [3.8, 4) is 0 Å². The summed E-state index contributed by atoms with van der Waals surface area (Å²) in [7, 11) is 2.05. The molecule has 15 heavy (non-hydrogen) atoms. The standard InChI is InChI=1S/C10H16N4S/c1-3-9-13-8(7-15-9)6-12-10-11-4-5-14(10)2/h7H,3-6H2,1-2H3,(H,11,12). The average molecular weight is 224 g/mol. The first-order chi connectivity index (χ1) is 7.29. The number of nitrogens with one attached hydrogen (secondary N) is 1. The molecular weight excluding hydrogens is 208 g/mol. The van der Waals surface area contributed by atoms with Gasteiger partial charge < -0.3 is 10.2 Å². The SMILES string of the molecule is CCc1nc(CNC2=NCCN2C)cs1. The van der Waals surface area contributed by atoms with Crippen molar-refractivity contribution in [3.63, 3.8) is 0 Å². The summed E-state index contributed by atoms with van der Waals surface area (Å²) in [4.78, 5) is 11.0. The first-order valence-electron chi connectivity index (χ1n) is 5.22. The van der Waals surface area contributed by atoms with Crippen LogP contribution in [0.3, 0.4) is 0 Å². The number of guanidine groups is 1. The summed E-state index contributed by atoms with van der Waals surface area (Å²) in [6.07, 6.45) is 1.02. The molecule has 2 rings (SSSR count). The van der Waals surface area contributed by atoms with E-state index in [-0.39, 0.29) is 0 Å². The zero-order valence-corrected chi connectivity index (χ0v) is 9.97. The monoisotopic (exact) mass is 224 g/mol. The van der Waals surface area contributed by atoms with Crippen molar-refractivity contribution in [1.82, 2.24) is 15.2 Å². The number of aromatic nitrogens is 1. The maximum absolute atomic E-state index is 4.50. The highest BCUT2D eigenvalue weighted by Gasteiger charge is 2.11. The molecule has 0 atom stereocenters. The number of likely N-dealkylation sites (N-methyl/N-ethyl adjacent to an activating group) is 1. The number of hydrogen-bond acceptors (Lipinski definition) is 5. The van der Waals surface area contributed by atoms with Crippen molar-refractivity contribution < 1.29 is 0 Å². The summed E-state index contributed by atoms with van der Waals surface area (Å²) in [5.74, 6) is 0.987. The number of hydrogen-bond donors (Lipinski definition) is 1. The van der Waals surface area contributed by atoms with Crippen LogP contribution in [0, 0.1) is 0 Å². The maximum atomic E-state index is 4.50. The van der Waals surface area contributed by atoms with Crippen LogP contribution in [0.25, 0.3) is 0 Å². The second-order valence-electron chi connectivity index (χ2n) is 3.57. The van der Waals surface area contributed by atoms with Gasteiger partial charge in [0.2, 0.25) is 0 Å². The summed E-state index contributed by atoms with van der Waals surface area (Å²) in [5, 5.41) is 6.62. The van der Waals surface area contributed by atoms with Gasteiger partial charge in [0.25, 0.3) is 0 Å². The Hall–Kier alpha value is -1.10. The zero-order valence-electron chi connectivity index (χ0n) is 9.16. The summed E-state index contributed by atoms with van der Waals surface area (Å²) in [5.41, 5.74) is 1.11. The summed E-state index contributed by atoms with van der Waals surface area (Å²) in [6.45, 7) is 4.82. The summed E-state index contributed by atoms with van der Waals surface area (Å²) in [6, 6.07) is 0. The van der Waals surface area contributed by atoms with Crippen LogP contribution in [0.1, 0.15) is 17.6 Å². The normalized spacial score (nSPS) is 15.6. The minimum absolute atomic E-state index is 0.777. The first kappa shape index (κ1) is 10.4. The average Bonchev–Trinajstić information content (AvgIpc) is 2.84. The fourth-order valence-electron chi connectivity index (χ4n) is 1.49. The largest absolute Gasteiger partial charge is 0.351 e. The van der Waals surface area contributed by atoms with E-state index in [1.165, 1.54) is 5.01 Å². The molecule has 0 aliphatic carbocycles. The van der Waals surface area contributed by atoms with Crippen LogP contribution in [0.5, 0.6) is 0 Å². The highest BCUT2D eigenvalue weighted by Crippen LogP contribution is 2.10. The van der Waals surface area contributed by atoms with Gasteiger partial charge in [-0.3, -0.25) is 4.99 Å². The molecule has 1 N–H and O–H groups in total. The van der Waals surface area contributed by atoms with Gasteiger partial charge in [-0.2, -0.15) is 0 Å². The van der Waals surface area contributed by atoms with E-state index in [4.69, 9.17) is 0 Å². The van der Waals surface area contributed by atoms with Crippen molar-refractivity contribution >= 4 is 17.3 Å². The molecule has 5 heteroatoms. The van der Waals surface area contributed by atoms with Gasteiger partial charge in [0, 0.05) is 19.0 Å². The number of rotatable bonds is 3. The van der Waals surface area contributed by atoms with Crippen molar-refractivity contribution in [2.45, 2.75) is 19.9 Å². The fourth-order valence-corrected chi connectivity index (χ4v) is 2.23. The molecule has 0 fully saturated rings. The molecule has 0 spiro atoms. The van der Waals surface area contributed by atoms with E-state index in [1.807, 2.05) is 0 Å². The molecule has 4 nitrogen and oxygen atoms in total. The lowest BCUT2D eigenvalue weighted by molar-refractivity contribution is 0.533. The molecule has 1 aromatic heterocycles. The van der Waals surface area contributed by atoms with Crippen molar-refractivity contribution in [3.05, 3.63) is 16.1 Å². The molecule has 82 valence electrons. The van der Waals surface area contributed by atoms with E-state index >= 15 is 0 Å². The van der Waals surface area contributed by atoms with Crippen LogP contribution < -0.4 is 5.32 Å². The van der Waals surface area contributed by atoms with Gasteiger partial charge in [0.15, 0.2) is 5.96 Å². The molecule has 1 aliphatic heterocycles. The minimum Gasteiger partial charge on any atom is -0.351 e. The van der Waals surface area contributed by atoms with Crippen LogP contribution in [0.4, 0.5) is 0 Å². The quantitative estimate of drug-likeness (QED) is 0.835. The van der Waals surface area contributed by atoms with E-state index in [0.717, 1.165) is 37.7 Å². The van der Waals surface area contributed by atoms with E-state index in [9.17, 15) is 0 Å². The lowest BCUT2D eigenvalue weighted by atomic mass is 10.4. The molecule has 2 heterocycles. The van der Waals surface area contributed by atoms with E-state index in [1.54, 1.807) is 11.3 Å². The Kier molecular flexibility index (Phi) is 3.20. The van der Waals surface area contributed by atoms with Crippen LogP contribution >= 0.6 is 11.3 Å². The van der Waals surface area contributed by atoms with Crippen LogP contribution in [0.15, 0.2) is 10.4 Å². The highest BCUT2D eigenvalue weighted by atomic mass is 32.1. The van der Waals surface area contributed by atoms with Gasteiger partial charge >= 0.3 is 0 Å². The first-order valence-corrected chi connectivity index (χ1v) is 6.10. The van der Waals surface area contributed by atoms with Gasteiger partial charge in [-0.05, 0) is 6.42 Å². The van der Waals surface area contributed by atoms with Gasteiger partial charge in [-0.15, -0.1) is 11.3 Å². The smallest absolute Gasteiger partial charge is 0.194 e. The Morgan fingerprint density at radius 3 is 3.07 bits per heavy atom. The lowest BCUT2D eigenvalue weighted by Gasteiger charge is -2.14. The molecule has 0 radical (unpaired) electrons. The summed E-state index contributed by atoms with van der Waals surface area (Å²) >= 11 is 1.73. The summed E-state index contributed by atoms with van der Waals surface area (Å²) < 4.78 is 0. The lowest BCUT2D eigenvalue weighted by Crippen LogP contribution is -2.35. The molecule has 0 bridgehead atoms. The van der Waals surface area contributed by atoms with Crippen molar-refractivity contribution in [2.75, 3.05) is 20.1 Å². The molecule has 0 unspecified atom stereocenters. The predicted octanol–water partition coefficient (Wildman–Crippen LogP) is 1.10.